The number of hydrogen-bond donors (Lipinski definition) is 1. The maximum atomic E-state index is 12.0. The summed E-state index contributed by atoms with van der Waals surface area (Å²) in [5.41, 5.74) is 0.171. The second-order valence-corrected chi connectivity index (χ2v) is 5.25. The molecule has 1 amide bonds. The standard InChI is InChI=1S/C12H16ClN5O2/c1-6(2)10-15-12(20-17-10)7(3)14-11(19)9-8(13)5-18(4)16-9/h5-7H,1-4H3,(H,14,19)/t7-/m1/s1. The first-order valence-corrected chi connectivity index (χ1v) is 6.59. The summed E-state index contributed by atoms with van der Waals surface area (Å²) in [7, 11) is 1.69. The second kappa shape index (κ2) is 5.62. The fourth-order valence-electron chi connectivity index (χ4n) is 1.60. The summed E-state index contributed by atoms with van der Waals surface area (Å²) in [5.74, 6) is 0.749. The molecule has 2 aromatic rings. The highest BCUT2D eigenvalue weighted by Gasteiger charge is 2.21. The van der Waals surface area contributed by atoms with E-state index in [2.05, 4.69) is 20.6 Å². The summed E-state index contributed by atoms with van der Waals surface area (Å²) < 4.78 is 6.60. The Hall–Kier alpha value is -1.89. The van der Waals surface area contributed by atoms with Crippen molar-refractivity contribution < 1.29 is 9.32 Å². The lowest BCUT2D eigenvalue weighted by atomic mass is 10.2. The van der Waals surface area contributed by atoms with Gasteiger partial charge in [0.1, 0.15) is 6.04 Å². The molecule has 1 atom stereocenters. The number of carbonyl (C=O) groups is 1. The number of hydrogen-bond acceptors (Lipinski definition) is 5. The van der Waals surface area contributed by atoms with E-state index in [0.717, 1.165) is 0 Å². The summed E-state index contributed by atoms with van der Waals surface area (Å²) in [4.78, 5) is 16.3. The van der Waals surface area contributed by atoms with Crippen LogP contribution in [0.3, 0.4) is 0 Å². The third-order valence-corrected chi connectivity index (χ3v) is 2.97. The first-order valence-electron chi connectivity index (χ1n) is 6.22. The van der Waals surface area contributed by atoms with Gasteiger partial charge in [-0.15, -0.1) is 0 Å². The van der Waals surface area contributed by atoms with Gasteiger partial charge >= 0.3 is 0 Å². The maximum Gasteiger partial charge on any atom is 0.273 e. The van der Waals surface area contributed by atoms with Crippen LogP contribution in [0.4, 0.5) is 0 Å². The van der Waals surface area contributed by atoms with Crippen molar-refractivity contribution in [1.82, 2.24) is 25.2 Å². The normalized spacial score (nSPS) is 12.7. The molecule has 0 spiro atoms. The number of aromatic nitrogens is 4. The lowest BCUT2D eigenvalue weighted by Crippen LogP contribution is -2.27. The van der Waals surface area contributed by atoms with Crippen molar-refractivity contribution in [3.8, 4) is 0 Å². The Morgan fingerprint density at radius 1 is 1.45 bits per heavy atom. The van der Waals surface area contributed by atoms with Crippen LogP contribution in [0.5, 0.6) is 0 Å². The van der Waals surface area contributed by atoms with E-state index in [-0.39, 0.29) is 17.5 Å². The number of amides is 1. The minimum absolute atomic E-state index is 0.167. The fraction of sp³-hybridized carbons (Fsp3) is 0.500. The Balaban J connectivity index is 2.08. The number of aryl methyl sites for hydroxylation is 1. The Morgan fingerprint density at radius 3 is 2.65 bits per heavy atom. The summed E-state index contributed by atoms with van der Waals surface area (Å²) in [6.07, 6.45) is 1.56. The lowest BCUT2D eigenvalue weighted by molar-refractivity contribution is 0.0927. The molecule has 0 aromatic carbocycles. The molecular weight excluding hydrogens is 282 g/mol. The quantitative estimate of drug-likeness (QED) is 0.933. The molecule has 0 aliphatic heterocycles. The molecular formula is C12H16ClN5O2. The third-order valence-electron chi connectivity index (χ3n) is 2.69. The van der Waals surface area contributed by atoms with Gasteiger partial charge in [0.25, 0.3) is 5.91 Å². The van der Waals surface area contributed by atoms with Gasteiger partial charge in [0.15, 0.2) is 11.5 Å². The highest BCUT2D eigenvalue weighted by atomic mass is 35.5. The monoisotopic (exact) mass is 297 g/mol. The van der Waals surface area contributed by atoms with Crippen molar-refractivity contribution in [2.75, 3.05) is 0 Å². The predicted octanol–water partition coefficient (Wildman–Crippen LogP) is 2.07. The smallest absolute Gasteiger partial charge is 0.273 e. The molecule has 2 aromatic heterocycles. The van der Waals surface area contributed by atoms with E-state index in [4.69, 9.17) is 16.1 Å². The predicted molar refractivity (Wildman–Crippen MR) is 72.5 cm³/mol. The fourth-order valence-corrected chi connectivity index (χ4v) is 1.86. The van der Waals surface area contributed by atoms with Crippen LogP contribution >= 0.6 is 11.6 Å². The van der Waals surface area contributed by atoms with E-state index in [0.29, 0.717) is 16.7 Å². The van der Waals surface area contributed by atoms with Gasteiger partial charge in [0.05, 0.1) is 5.02 Å². The minimum Gasteiger partial charge on any atom is -0.339 e. The van der Waals surface area contributed by atoms with Gasteiger partial charge in [0, 0.05) is 19.2 Å². The molecule has 0 unspecified atom stereocenters. The van der Waals surface area contributed by atoms with E-state index >= 15 is 0 Å². The van der Waals surface area contributed by atoms with Gasteiger partial charge in [-0.1, -0.05) is 30.6 Å². The van der Waals surface area contributed by atoms with Crippen LogP contribution in [-0.2, 0) is 7.05 Å². The first-order chi connectivity index (χ1) is 9.38. The molecule has 7 nitrogen and oxygen atoms in total. The van der Waals surface area contributed by atoms with Crippen LogP contribution in [0.2, 0.25) is 5.02 Å². The number of rotatable bonds is 4. The Labute approximate surface area is 121 Å². The average molecular weight is 298 g/mol. The average Bonchev–Trinajstić information content (AvgIpc) is 2.95. The molecule has 0 bridgehead atoms. The zero-order valence-corrected chi connectivity index (χ0v) is 12.5. The van der Waals surface area contributed by atoms with Crippen LogP contribution in [-0.4, -0.2) is 25.8 Å². The topological polar surface area (TPSA) is 85.8 Å². The van der Waals surface area contributed by atoms with E-state index in [1.807, 2.05) is 13.8 Å². The third kappa shape index (κ3) is 2.98. The van der Waals surface area contributed by atoms with Crippen LogP contribution < -0.4 is 5.32 Å². The number of nitrogens with one attached hydrogen (secondary N) is 1. The van der Waals surface area contributed by atoms with Gasteiger partial charge in [-0.25, -0.2) is 0 Å². The molecule has 0 aliphatic carbocycles. The Morgan fingerprint density at radius 2 is 2.15 bits per heavy atom. The van der Waals surface area contributed by atoms with Crippen molar-refractivity contribution in [1.29, 1.82) is 0 Å². The summed E-state index contributed by atoms with van der Waals surface area (Å²) in [6, 6.07) is -0.416. The molecule has 2 heterocycles. The van der Waals surface area contributed by atoms with Crippen molar-refractivity contribution in [3.05, 3.63) is 28.6 Å². The number of nitrogens with zero attached hydrogens (tertiary/aromatic N) is 4. The van der Waals surface area contributed by atoms with Gasteiger partial charge in [-0.05, 0) is 6.92 Å². The molecule has 2 rings (SSSR count). The van der Waals surface area contributed by atoms with E-state index in [9.17, 15) is 4.79 Å². The van der Waals surface area contributed by atoms with Crippen LogP contribution in [0.1, 0.15) is 54.9 Å². The summed E-state index contributed by atoms with van der Waals surface area (Å²) >= 11 is 5.92. The van der Waals surface area contributed by atoms with E-state index in [1.54, 1.807) is 20.2 Å². The highest BCUT2D eigenvalue weighted by Crippen LogP contribution is 2.17. The Bertz CT molecular complexity index is 619. The van der Waals surface area contributed by atoms with Crippen LogP contribution in [0.25, 0.3) is 0 Å². The van der Waals surface area contributed by atoms with Crippen LogP contribution in [0, 0.1) is 0 Å². The molecule has 108 valence electrons. The molecule has 20 heavy (non-hydrogen) atoms. The van der Waals surface area contributed by atoms with Gasteiger partial charge < -0.3 is 9.84 Å². The van der Waals surface area contributed by atoms with Gasteiger partial charge in [-0.2, -0.15) is 10.1 Å². The van der Waals surface area contributed by atoms with Gasteiger partial charge in [0.2, 0.25) is 5.89 Å². The summed E-state index contributed by atoms with van der Waals surface area (Å²) in [6.45, 7) is 5.68. The molecule has 0 aliphatic rings. The van der Waals surface area contributed by atoms with Crippen LogP contribution in [0.15, 0.2) is 10.7 Å². The minimum atomic E-state index is -0.416. The molecule has 1 N–H and O–H groups in total. The van der Waals surface area contributed by atoms with E-state index in [1.165, 1.54) is 4.68 Å². The zero-order valence-electron chi connectivity index (χ0n) is 11.7. The Kier molecular flexibility index (Phi) is 4.08. The molecule has 0 saturated carbocycles. The summed E-state index contributed by atoms with van der Waals surface area (Å²) in [5, 5.41) is 10.9. The van der Waals surface area contributed by atoms with Crippen molar-refractivity contribution in [3.63, 3.8) is 0 Å². The van der Waals surface area contributed by atoms with Crippen molar-refractivity contribution in [2.24, 2.45) is 7.05 Å². The number of halogens is 1. The zero-order chi connectivity index (χ0) is 14.9. The molecule has 0 radical (unpaired) electrons. The first kappa shape index (κ1) is 14.5. The lowest BCUT2D eigenvalue weighted by Gasteiger charge is -2.08. The largest absolute Gasteiger partial charge is 0.339 e. The molecule has 8 heteroatoms. The SMILES string of the molecule is CC(C)c1noc([C@@H](C)NC(=O)c2nn(C)cc2Cl)n1. The maximum absolute atomic E-state index is 12.0. The van der Waals surface area contributed by atoms with Crippen molar-refractivity contribution >= 4 is 17.5 Å². The molecule has 0 saturated heterocycles. The number of carbonyl (C=O) groups excluding carboxylic acids is 1. The highest BCUT2D eigenvalue weighted by molar-refractivity contribution is 6.33. The second-order valence-electron chi connectivity index (χ2n) is 4.84. The van der Waals surface area contributed by atoms with Crippen molar-refractivity contribution in [2.45, 2.75) is 32.7 Å². The van der Waals surface area contributed by atoms with E-state index < -0.39 is 6.04 Å². The van der Waals surface area contributed by atoms with Gasteiger partial charge in [-0.3, -0.25) is 9.48 Å². The molecule has 0 fully saturated rings.